The van der Waals surface area contributed by atoms with E-state index in [0.717, 1.165) is 10.0 Å². The van der Waals surface area contributed by atoms with E-state index in [-0.39, 0.29) is 16.5 Å². The van der Waals surface area contributed by atoms with Gasteiger partial charge in [0.05, 0.1) is 10.7 Å². The number of nitrogens with zero attached hydrogens (tertiary/aromatic N) is 1. The van der Waals surface area contributed by atoms with Crippen LogP contribution < -0.4 is 11.1 Å². The summed E-state index contributed by atoms with van der Waals surface area (Å²) in [6, 6.07) is 8.73. The van der Waals surface area contributed by atoms with E-state index in [1.54, 1.807) is 12.1 Å². The van der Waals surface area contributed by atoms with Crippen molar-refractivity contribution >= 4 is 44.9 Å². The molecule has 1 aromatic heterocycles. The fourth-order valence-electron chi connectivity index (χ4n) is 1.53. The van der Waals surface area contributed by atoms with Crippen LogP contribution in [0.2, 0.25) is 5.02 Å². The molecule has 0 saturated carbocycles. The summed E-state index contributed by atoms with van der Waals surface area (Å²) in [4.78, 5) is 16.1. The first-order valence-electron chi connectivity index (χ1n) is 5.47. The Morgan fingerprint density at radius 1 is 1.37 bits per heavy atom. The number of hydrogen-bond acceptors (Lipinski definition) is 3. The lowest BCUT2D eigenvalue weighted by Gasteiger charge is -2.09. The van der Waals surface area contributed by atoms with Gasteiger partial charge in [0, 0.05) is 4.47 Å². The number of nitrogen functional groups attached to an aromatic ring is 1. The van der Waals surface area contributed by atoms with E-state index in [9.17, 15) is 4.79 Å². The average Bonchev–Trinajstić information content (AvgIpc) is 2.36. The molecule has 1 aromatic carbocycles. The molecular weight excluding hydrogens is 330 g/mol. The second-order valence-corrected chi connectivity index (χ2v) is 5.27. The molecule has 0 spiro atoms. The topological polar surface area (TPSA) is 68.0 Å². The van der Waals surface area contributed by atoms with Gasteiger partial charge in [-0.15, -0.1) is 0 Å². The summed E-state index contributed by atoms with van der Waals surface area (Å²) >= 11 is 9.31. The van der Waals surface area contributed by atoms with Crippen LogP contribution in [0.5, 0.6) is 0 Å². The Balaban J connectivity index is 2.30. The van der Waals surface area contributed by atoms with Gasteiger partial charge in [0.2, 0.25) is 0 Å². The summed E-state index contributed by atoms with van der Waals surface area (Å²) in [7, 11) is 0. The minimum absolute atomic E-state index is 0.107. The molecule has 0 aliphatic carbocycles. The highest BCUT2D eigenvalue weighted by Crippen LogP contribution is 2.25. The fourth-order valence-corrected chi connectivity index (χ4v) is 2.07. The summed E-state index contributed by atoms with van der Waals surface area (Å²) in [6.45, 7) is 1.94. The number of anilines is 2. The maximum Gasteiger partial charge on any atom is 0.275 e. The number of halogens is 2. The number of hydrogen-bond donors (Lipinski definition) is 2. The molecule has 3 N–H and O–H groups in total. The SMILES string of the molecule is Cc1ccc(Br)c(NC(=O)c2nc(N)ccc2Cl)c1. The second-order valence-electron chi connectivity index (χ2n) is 4.00. The van der Waals surface area contributed by atoms with Crippen LogP contribution in [0.1, 0.15) is 16.1 Å². The lowest BCUT2D eigenvalue weighted by molar-refractivity contribution is 0.102. The molecule has 1 amide bonds. The Morgan fingerprint density at radius 2 is 2.11 bits per heavy atom. The predicted molar refractivity (Wildman–Crippen MR) is 80.5 cm³/mol. The van der Waals surface area contributed by atoms with E-state index in [4.69, 9.17) is 17.3 Å². The highest BCUT2D eigenvalue weighted by atomic mass is 79.9. The van der Waals surface area contributed by atoms with Gasteiger partial charge < -0.3 is 11.1 Å². The molecule has 19 heavy (non-hydrogen) atoms. The fraction of sp³-hybridized carbons (Fsp3) is 0.0769. The van der Waals surface area contributed by atoms with Crippen molar-refractivity contribution in [3.8, 4) is 0 Å². The molecule has 6 heteroatoms. The van der Waals surface area contributed by atoms with Crippen molar-refractivity contribution < 1.29 is 4.79 Å². The third-order valence-corrected chi connectivity index (χ3v) is 3.45. The third kappa shape index (κ3) is 3.24. The van der Waals surface area contributed by atoms with E-state index in [2.05, 4.69) is 26.2 Å². The zero-order valence-electron chi connectivity index (χ0n) is 10.1. The number of aromatic nitrogens is 1. The Kier molecular flexibility index (Phi) is 4.07. The van der Waals surface area contributed by atoms with Crippen molar-refractivity contribution in [2.45, 2.75) is 6.92 Å². The molecule has 0 radical (unpaired) electrons. The van der Waals surface area contributed by atoms with Gasteiger partial charge in [-0.1, -0.05) is 17.7 Å². The van der Waals surface area contributed by atoms with Crippen molar-refractivity contribution in [1.82, 2.24) is 4.98 Å². The van der Waals surface area contributed by atoms with Crippen molar-refractivity contribution in [3.63, 3.8) is 0 Å². The molecule has 0 bridgehead atoms. The summed E-state index contributed by atoms with van der Waals surface area (Å²) in [5.41, 5.74) is 7.35. The Bertz CT molecular complexity index is 646. The smallest absolute Gasteiger partial charge is 0.275 e. The van der Waals surface area contributed by atoms with Crippen LogP contribution >= 0.6 is 27.5 Å². The zero-order valence-corrected chi connectivity index (χ0v) is 12.4. The van der Waals surface area contributed by atoms with Crippen LogP contribution in [0.3, 0.4) is 0 Å². The maximum atomic E-state index is 12.1. The summed E-state index contributed by atoms with van der Waals surface area (Å²) in [5.74, 6) is -0.151. The molecule has 0 fully saturated rings. The Morgan fingerprint density at radius 3 is 2.84 bits per heavy atom. The number of nitrogens with two attached hydrogens (primary N) is 1. The van der Waals surface area contributed by atoms with Gasteiger partial charge >= 0.3 is 0 Å². The molecule has 0 aliphatic rings. The third-order valence-electron chi connectivity index (χ3n) is 2.45. The summed E-state index contributed by atoms with van der Waals surface area (Å²) < 4.78 is 0.784. The van der Waals surface area contributed by atoms with Crippen molar-refractivity contribution in [1.29, 1.82) is 0 Å². The molecule has 2 aromatic rings. The zero-order chi connectivity index (χ0) is 14.0. The predicted octanol–water partition coefficient (Wildman–Crippen LogP) is 3.64. The van der Waals surface area contributed by atoms with Gasteiger partial charge in [0.1, 0.15) is 11.5 Å². The highest BCUT2D eigenvalue weighted by molar-refractivity contribution is 9.10. The molecule has 1 heterocycles. The van der Waals surface area contributed by atoms with E-state index in [0.29, 0.717) is 5.69 Å². The van der Waals surface area contributed by atoms with Gasteiger partial charge in [0.25, 0.3) is 5.91 Å². The molecule has 0 unspecified atom stereocenters. The van der Waals surface area contributed by atoms with Gasteiger partial charge in [0.15, 0.2) is 0 Å². The van der Waals surface area contributed by atoms with Crippen LogP contribution in [-0.2, 0) is 0 Å². The summed E-state index contributed by atoms with van der Waals surface area (Å²) in [5, 5.41) is 3.01. The van der Waals surface area contributed by atoms with Crippen molar-refractivity contribution in [2.24, 2.45) is 0 Å². The van der Waals surface area contributed by atoms with Gasteiger partial charge in [-0.2, -0.15) is 0 Å². The number of carbonyl (C=O) groups is 1. The average molecular weight is 341 g/mol. The Hall–Kier alpha value is -1.59. The highest BCUT2D eigenvalue weighted by Gasteiger charge is 2.14. The normalized spacial score (nSPS) is 10.3. The minimum atomic E-state index is -0.399. The van der Waals surface area contributed by atoms with Gasteiger partial charge in [-0.25, -0.2) is 4.98 Å². The molecule has 0 aliphatic heterocycles. The summed E-state index contributed by atoms with van der Waals surface area (Å²) in [6.07, 6.45) is 0. The van der Waals surface area contributed by atoms with Crippen LogP contribution in [-0.4, -0.2) is 10.9 Å². The molecule has 0 atom stereocenters. The Labute approximate surface area is 124 Å². The first-order valence-corrected chi connectivity index (χ1v) is 6.64. The molecule has 98 valence electrons. The number of benzene rings is 1. The monoisotopic (exact) mass is 339 g/mol. The largest absolute Gasteiger partial charge is 0.384 e. The second kappa shape index (κ2) is 5.59. The lowest BCUT2D eigenvalue weighted by atomic mass is 10.2. The molecule has 4 nitrogen and oxygen atoms in total. The number of amides is 1. The van der Waals surface area contributed by atoms with E-state index < -0.39 is 5.91 Å². The molecule has 0 saturated heterocycles. The van der Waals surface area contributed by atoms with Crippen LogP contribution in [0.4, 0.5) is 11.5 Å². The van der Waals surface area contributed by atoms with Crippen molar-refractivity contribution in [3.05, 3.63) is 51.1 Å². The number of pyridine rings is 1. The lowest BCUT2D eigenvalue weighted by Crippen LogP contribution is -2.15. The standard InChI is InChI=1S/C13H11BrClN3O/c1-7-2-3-8(14)10(6-7)17-13(19)12-9(15)4-5-11(16)18-12/h2-6H,1H3,(H2,16,18)(H,17,19). The van der Waals surface area contributed by atoms with Crippen LogP contribution in [0.15, 0.2) is 34.8 Å². The minimum Gasteiger partial charge on any atom is -0.384 e. The van der Waals surface area contributed by atoms with Gasteiger partial charge in [-0.3, -0.25) is 4.79 Å². The van der Waals surface area contributed by atoms with E-state index >= 15 is 0 Å². The molecular formula is C13H11BrClN3O. The number of carbonyl (C=O) groups excluding carboxylic acids is 1. The van der Waals surface area contributed by atoms with Gasteiger partial charge in [-0.05, 0) is 52.7 Å². The maximum absolute atomic E-state index is 12.1. The molecule has 2 rings (SSSR count). The first-order chi connectivity index (χ1) is 8.97. The number of aryl methyl sites for hydroxylation is 1. The number of rotatable bonds is 2. The van der Waals surface area contributed by atoms with Crippen LogP contribution in [0, 0.1) is 6.92 Å². The van der Waals surface area contributed by atoms with E-state index in [1.807, 2.05) is 25.1 Å². The van der Waals surface area contributed by atoms with E-state index in [1.165, 1.54) is 0 Å². The quantitative estimate of drug-likeness (QED) is 0.877. The van der Waals surface area contributed by atoms with Crippen LogP contribution in [0.25, 0.3) is 0 Å². The number of nitrogens with one attached hydrogen (secondary N) is 1. The van der Waals surface area contributed by atoms with Crippen molar-refractivity contribution in [2.75, 3.05) is 11.1 Å². The first kappa shape index (κ1) is 13.8.